The van der Waals surface area contributed by atoms with E-state index in [0.717, 1.165) is 12.8 Å². The molecule has 0 saturated heterocycles. The number of hydrogen-bond acceptors (Lipinski definition) is 7. The first-order valence-electron chi connectivity index (χ1n) is 11.4. The minimum absolute atomic E-state index is 0.00379. The molecule has 0 aliphatic heterocycles. The van der Waals surface area contributed by atoms with Gasteiger partial charge in [-0.2, -0.15) is 0 Å². The average Bonchev–Trinajstić information content (AvgIpc) is 3.36. The standard InChI is InChI=1S/C25H31N3O5S/c1-6-16(3)28(17(4)7-2)22(29)15-34-25-26-21-13-18(24(31)32-5)10-11-20(21)23(30)27(25)14-19-9-8-12-33-19/h8-13,16-17H,6-7,14-15H2,1-5H3/t16-,17+. The van der Waals surface area contributed by atoms with Gasteiger partial charge in [-0.15, -0.1) is 0 Å². The number of furan rings is 1. The average molecular weight is 486 g/mol. The number of amides is 1. The number of esters is 1. The van der Waals surface area contributed by atoms with Gasteiger partial charge in [0.1, 0.15) is 5.76 Å². The molecule has 0 saturated carbocycles. The van der Waals surface area contributed by atoms with Crippen molar-refractivity contribution in [3.63, 3.8) is 0 Å². The fourth-order valence-electron chi connectivity index (χ4n) is 3.77. The van der Waals surface area contributed by atoms with Gasteiger partial charge in [-0.25, -0.2) is 9.78 Å². The zero-order valence-corrected chi connectivity index (χ0v) is 21.1. The van der Waals surface area contributed by atoms with Gasteiger partial charge in [-0.05, 0) is 57.0 Å². The van der Waals surface area contributed by atoms with Gasteiger partial charge in [-0.1, -0.05) is 25.6 Å². The maximum absolute atomic E-state index is 13.4. The molecule has 3 aromatic rings. The molecule has 0 unspecified atom stereocenters. The number of nitrogens with zero attached hydrogens (tertiary/aromatic N) is 3. The second-order valence-electron chi connectivity index (χ2n) is 8.19. The number of aromatic nitrogens is 2. The van der Waals surface area contributed by atoms with E-state index in [0.29, 0.717) is 27.4 Å². The molecule has 8 nitrogen and oxygen atoms in total. The van der Waals surface area contributed by atoms with Crippen molar-refractivity contribution in [2.24, 2.45) is 0 Å². The van der Waals surface area contributed by atoms with Crippen LogP contribution in [0, 0.1) is 0 Å². The van der Waals surface area contributed by atoms with Crippen LogP contribution in [0.15, 0.2) is 51.0 Å². The van der Waals surface area contributed by atoms with E-state index in [1.54, 1.807) is 30.5 Å². The fourth-order valence-corrected chi connectivity index (χ4v) is 4.64. The van der Waals surface area contributed by atoms with Crippen molar-refractivity contribution in [1.29, 1.82) is 0 Å². The third-order valence-electron chi connectivity index (χ3n) is 5.98. The highest BCUT2D eigenvalue weighted by Gasteiger charge is 2.24. The molecule has 2 aromatic heterocycles. The molecule has 0 spiro atoms. The summed E-state index contributed by atoms with van der Waals surface area (Å²) in [5.41, 5.74) is 0.408. The summed E-state index contributed by atoms with van der Waals surface area (Å²) >= 11 is 1.21. The SMILES string of the molecule is CC[C@@H](C)N(C(=O)CSc1nc2cc(C(=O)OC)ccc2c(=O)n1Cc1ccco1)[C@@H](C)CC. The third kappa shape index (κ3) is 5.52. The maximum atomic E-state index is 13.4. The Morgan fingerprint density at radius 2 is 1.88 bits per heavy atom. The Morgan fingerprint density at radius 1 is 1.18 bits per heavy atom. The van der Waals surface area contributed by atoms with Crippen LogP contribution in [0.5, 0.6) is 0 Å². The number of benzene rings is 1. The molecule has 34 heavy (non-hydrogen) atoms. The van der Waals surface area contributed by atoms with E-state index in [1.807, 2.05) is 18.7 Å². The molecule has 182 valence electrons. The van der Waals surface area contributed by atoms with Gasteiger partial charge < -0.3 is 14.1 Å². The summed E-state index contributed by atoms with van der Waals surface area (Å²) in [7, 11) is 1.30. The molecular weight excluding hydrogens is 454 g/mol. The first-order chi connectivity index (χ1) is 16.3. The van der Waals surface area contributed by atoms with E-state index >= 15 is 0 Å². The monoisotopic (exact) mass is 485 g/mol. The summed E-state index contributed by atoms with van der Waals surface area (Å²) in [6.07, 6.45) is 3.26. The van der Waals surface area contributed by atoms with Gasteiger partial charge >= 0.3 is 5.97 Å². The van der Waals surface area contributed by atoms with E-state index in [2.05, 4.69) is 18.8 Å². The smallest absolute Gasteiger partial charge is 0.337 e. The van der Waals surface area contributed by atoms with Crippen molar-refractivity contribution in [3.8, 4) is 0 Å². The topological polar surface area (TPSA) is 94.6 Å². The highest BCUT2D eigenvalue weighted by Crippen LogP contribution is 2.22. The molecule has 0 aliphatic rings. The van der Waals surface area contributed by atoms with Crippen LogP contribution in [0.2, 0.25) is 0 Å². The van der Waals surface area contributed by atoms with Gasteiger partial charge in [0.15, 0.2) is 5.16 Å². The number of rotatable bonds is 10. The van der Waals surface area contributed by atoms with E-state index < -0.39 is 5.97 Å². The quantitative estimate of drug-likeness (QED) is 0.239. The molecule has 0 aliphatic carbocycles. The number of ether oxygens (including phenoxy) is 1. The van der Waals surface area contributed by atoms with Crippen LogP contribution in [0.4, 0.5) is 0 Å². The van der Waals surface area contributed by atoms with Gasteiger partial charge in [0.2, 0.25) is 5.91 Å². The van der Waals surface area contributed by atoms with Crippen LogP contribution in [-0.2, 0) is 16.1 Å². The minimum atomic E-state index is -0.509. The Labute approximate surface area is 203 Å². The zero-order valence-electron chi connectivity index (χ0n) is 20.2. The number of hydrogen-bond donors (Lipinski definition) is 0. The molecule has 1 amide bonds. The van der Waals surface area contributed by atoms with Crippen molar-refractivity contribution in [2.75, 3.05) is 12.9 Å². The number of carbonyl (C=O) groups is 2. The second-order valence-corrected chi connectivity index (χ2v) is 9.14. The predicted octanol–water partition coefficient (Wildman–Crippen LogP) is 4.34. The Balaban J connectivity index is 2.01. The molecule has 9 heteroatoms. The molecule has 1 aromatic carbocycles. The Bertz CT molecular complexity index is 1200. The number of fused-ring (bicyclic) bond motifs is 1. The van der Waals surface area contributed by atoms with Gasteiger partial charge in [-0.3, -0.25) is 14.2 Å². The lowest BCUT2D eigenvalue weighted by atomic mass is 10.1. The van der Waals surface area contributed by atoms with Crippen molar-refractivity contribution in [1.82, 2.24) is 14.5 Å². The molecule has 3 rings (SSSR count). The Hall–Kier alpha value is -3.07. The van der Waals surface area contributed by atoms with Crippen LogP contribution in [0.25, 0.3) is 10.9 Å². The summed E-state index contributed by atoms with van der Waals surface area (Å²) in [6.45, 7) is 8.40. The number of methoxy groups -OCH3 is 1. The van der Waals surface area contributed by atoms with E-state index in [9.17, 15) is 14.4 Å². The van der Waals surface area contributed by atoms with Gasteiger partial charge in [0, 0.05) is 12.1 Å². The van der Waals surface area contributed by atoms with Crippen molar-refractivity contribution >= 4 is 34.5 Å². The molecule has 0 bridgehead atoms. The summed E-state index contributed by atoms with van der Waals surface area (Å²) in [5, 5.41) is 0.758. The van der Waals surface area contributed by atoms with Crippen molar-refractivity contribution < 1.29 is 18.7 Å². The fraction of sp³-hybridized carbons (Fsp3) is 0.440. The number of thioether (sulfide) groups is 1. The predicted molar refractivity (Wildman–Crippen MR) is 132 cm³/mol. The lowest BCUT2D eigenvalue weighted by molar-refractivity contribution is -0.132. The highest BCUT2D eigenvalue weighted by molar-refractivity contribution is 7.99. The van der Waals surface area contributed by atoms with E-state index in [1.165, 1.54) is 29.5 Å². The first-order valence-corrected chi connectivity index (χ1v) is 12.4. The van der Waals surface area contributed by atoms with E-state index in [4.69, 9.17) is 9.15 Å². The molecule has 0 radical (unpaired) electrons. The normalized spacial score (nSPS) is 13.0. The lowest BCUT2D eigenvalue weighted by Crippen LogP contribution is -2.45. The zero-order chi connectivity index (χ0) is 24.8. The van der Waals surface area contributed by atoms with E-state index in [-0.39, 0.29) is 35.8 Å². The van der Waals surface area contributed by atoms with Gasteiger partial charge in [0.25, 0.3) is 5.56 Å². The van der Waals surface area contributed by atoms with Crippen LogP contribution < -0.4 is 5.56 Å². The second kappa shape index (κ2) is 11.4. The number of carbonyl (C=O) groups excluding carboxylic acids is 2. The van der Waals surface area contributed by atoms with Crippen molar-refractivity contribution in [3.05, 3.63) is 58.3 Å². The minimum Gasteiger partial charge on any atom is -0.467 e. The summed E-state index contributed by atoms with van der Waals surface area (Å²) in [4.78, 5) is 45.1. The lowest BCUT2D eigenvalue weighted by Gasteiger charge is -2.34. The first kappa shape index (κ1) is 25.6. The largest absolute Gasteiger partial charge is 0.467 e. The summed E-state index contributed by atoms with van der Waals surface area (Å²) in [5.74, 6) is 0.228. The third-order valence-corrected chi connectivity index (χ3v) is 6.94. The molecule has 0 N–H and O–H groups in total. The highest BCUT2D eigenvalue weighted by atomic mass is 32.2. The Kier molecular flexibility index (Phi) is 8.55. The molecule has 2 atom stereocenters. The van der Waals surface area contributed by atoms with Crippen LogP contribution in [-0.4, -0.2) is 51.3 Å². The molecule has 2 heterocycles. The van der Waals surface area contributed by atoms with Gasteiger partial charge in [0.05, 0.1) is 42.1 Å². The van der Waals surface area contributed by atoms with Crippen LogP contribution >= 0.6 is 11.8 Å². The summed E-state index contributed by atoms with van der Waals surface area (Å²) in [6, 6.07) is 8.41. The van der Waals surface area contributed by atoms with Crippen molar-refractivity contribution in [2.45, 2.75) is 64.3 Å². The molecular formula is C25H31N3O5S. The van der Waals surface area contributed by atoms with Crippen LogP contribution in [0.3, 0.4) is 0 Å². The Morgan fingerprint density at radius 3 is 2.47 bits per heavy atom. The van der Waals surface area contributed by atoms with Crippen LogP contribution in [0.1, 0.15) is 56.7 Å². The summed E-state index contributed by atoms with van der Waals surface area (Å²) < 4.78 is 11.7. The molecule has 0 fully saturated rings. The maximum Gasteiger partial charge on any atom is 0.337 e.